The molecule has 7 heteroatoms. The Labute approximate surface area is 120 Å². The van der Waals surface area contributed by atoms with E-state index in [2.05, 4.69) is 5.32 Å². The molecular formula is C13H24N2O4S. The molecule has 6 nitrogen and oxygen atoms in total. The second-order valence-electron chi connectivity index (χ2n) is 5.46. The van der Waals surface area contributed by atoms with Crippen LogP contribution >= 0.6 is 0 Å². The van der Waals surface area contributed by atoms with Crippen LogP contribution in [0.4, 0.5) is 0 Å². The van der Waals surface area contributed by atoms with Gasteiger partial charge in [-0.15, -0.1) is 0 Å². The minimum atomic E-state index is -3.30. The van der Waals surface area contributed by atoms with Crippen molar-refractivity contribution < 1.29 is 17.9 Å². The average Bonchev–Trinajstić information content (AvgIpc) is 3.07. The first-order valence-electron chi connectivity index (χ1n) is 7.43. The zero-order chi connectivity index (χ0) is 14.6. The van der Waals surface area contributed by atoms with Crippen molar-refractivity contribution >= 4 is 15.9 Å². The molecule has 0 saturated carbocycles. The molecule has 2 unspecified atom stereocenters. The van der Waals surface area contributed by atoms with Crippen LogP contribution in [-0.4, -0.2) is 56.2 Å². The third-order valence-electron chi connectivity index (χ3n) is 3.85. The highest BCUT2D eigenvalue weighted by Gasteiger charge is 2.38. The van der Waals surface area contributed by atoms with Gasteiger partial charge >= 0.3 is 0 Å². The highest BCUT2D eigenvalue weighted by atomic mass is 32.2. The number of sulfonamides is 1. The summed E-state index contributed by atoms with van der Waals surface area (Å²) >= 11 is 0. The van der Waals surface area contributed by atoms with E-state index in [0.717, 1.165) is 25.9 Å². The van der Waals surface area contributed by atoms with Gasteiger partial charge in [-0.25, -0.2) is 8.42 Å². The Balaban J connectivity index is 1.90. The number of nitrogens with one attached hydrogen (secondary N) is 1. The standard InChI is InChI=1S/C13H24N2O4S/c1-2-9-20(17,18)15-7-3-6-12(15)13(16)14-10-11-5-4-8-19-11/h11-12H,2-10H2,1H3,(H,14,16). The average molecular weight is 304 g/mol. The minimum Gasteiger partial charge on any atom is -0.376 e. The van der Waals surface area contributed by atoms with E-state index in [-0.39, 0.29) is 17.8 Å². The van der Waals surface area contributed by atoms with Crippen LogP contribution in [0.15, 0.2) is 0 Å². The fraction of sp³-hybridized carbons (Fsp3) is 0.923. The number of hydrogen-bond donors (Lipinski definition) is 1. The van der Waals surface area contributed by atoms with Gasteiger partial charge in [-0.2, -0.15) is 4.31 Å². The van der Waals surface area contributed by atoms with Crippen molar-refractivity contribution in [1.82, 2.24) is 9.62 Å². The van der Waals surface area contributed by atoms with Crippen LogP contribution in [0.1, 0.15) is 39.0 Å². The second kappa shape index (κ2) is 6.87. The molecule has 2 rings (SSSR count). The highest BCUT2D eigenvalue weighted by molar-refractivity contribution is 7.89. The van der Waals surface area contributed by atoms with Crippen molar-refractivity contribution in [3.63, 3.8) is 0 Å². The molecule has 2 atom stereocenters. The van der Waals surface area contributed by atoms with Crippen LogP contribution in [0.3, 0.4) is 0 Å². The minimum absolute atomic E-state index is 0.0843. The van der Waals surface area contributed by atoms with Gasteiger partial charge in [0.15, 0.2) is 0 Å². The Morgan fingerprint density at radius 1 is 1.35 bits per heavy atom. The van der Waals surface area contributed by atoms with Gasteiger partial charge in [-0.1, -0.05) is 6.92 Å². The van der Waals surface area contributed by atoms with Crippen molar-refractivity contribution in [2.75, 3.05) is 25.4 Å². The number of amides is 1. The van der Waals surface area contributed by atoms with Gasteiger partial charge in [0.05, 0.1) is 11.9 Å². The van der Waals surface area contributed by atoms with Gasteiger partial charge in [0.2, 0.25) is 15.9 Å². The molecule has 2 heterocycles. The molecule has 0 aromatic carbocycles. The third kappa shape index (κ3) is 3.71. The number of hydrogen-bond acceptors (Lipinski definition) is 4. The number of rotatable bonds is 6. The Morgan fingerprint density at radius 3 is 2.80 bits per heavy atom. The van der Waals surface area contributed by atoms with E-state index >= 15 is 0 Å². The van der Waals surface area contributed by atoms with E-state index in [0.29, 0.717) is 25.9 Å². The molecule has 2 aliphatic heterocycles. The largest absolute Gasteiger partial charge is 0.376 e. The lowest BCUT2D eigenvalue weighted by Gasteiger charge is -2.23. The molecule has 2 saturated heterocycles. The van der Waals surface area contributed by atoms with Crippen LogP contribution in [0.5, 0.6) is 0 Å². The molecule has 0 aliphatic carbocycles. The summed E-state index contributed by atoms with van der Waals surface area (Å²) in [6.07, 6.45) is 4.01. The summed E-state index contributed by atoms with van der Waals surface area (Å²) in [4.78, 5) is 12.2. The van der Waals surface area contributed by atoms with Gasteiger partial charge in [-0.3, -0.25) is 4.79 Å². The van der Waals surface area contributed by atoms with E-state index in [1.165, 1.54) is 4.31 Å². The summed E-state index contributed by atoms with van der Waals surface area (Å²) in [5, 5.41) is 2.84. The lowest BCUT2D eigenvalue weighted by Crippen LogP contribution is -2.47. The fourth-order valence-electron chi connectivity index (χ4n) is 2.85. The normalized spacial score (nSPS) is 27.9. The molecule has 20 heavy (non-hydrogen) atoms. The molecule has 0 bridgehead atoms. The van der Waals surface area contributed by atoms with Crippen LogP contribution in [0.25, 0.3) is 0 Å². The van der Waals surface area contributed by atoms with Gasteiger partial charge in [0.25, 0.3) is 0 Å². The maximum absolute atomic E-state index is 12.2. The summed E-state index contributed by atoms with van der Waals surface area (Å²) in [5.41, 5.74) is 0. The fourth-order valence-corrected chi connectivity index (χ4v) is 4.59. The first-order chi connectivity index (χ1) is 9.54. The second-order valence-corrected chi connectivity index (χ2v) is 7.51. The number of carbonyl (C=O) groups excluding carboxylic acids is 1. The molecular weight excluding hydrogens is 280 g/mol. The Bertz CT molecular complexity index is 432. The molecule has 1 N–H and O–H groups in total. The number of ether oxygens (including phenoxy) is 1. The molecule has 2 aliphatic rings. The summed E-state index contributed by atoms with van der Waals surface area (Å²) in [6, 6.07) is -0.534. The summed E-state index contributed by atoms with van der Waals surface area (Å²) < 4.78 is 31.1. The first-order valence-corrected chi connectivity index (χ1v) is 9.04. The predicted octanol–water partition coefficient (Wildman–Crippen LogP) is 0.486. The highest BCUT2D eigenvalue weighted by Crippen LogP contribution is 2.22. The maximum Gasteiger partial charge on any atom is 0.238 e. The lowest BCUT2D eigenvalue weighted by atomic mass is 10.2. The zero-order valence-electron chi connectivity index (χ0n) is 12.0. The quantitative estimate of drug-likeness (QED) is 0.775. The van der Waals surface area contributed by atoms with Crippen LogP contribution in [0, 0.1) is 0 Å². The van der Waals surface area contributed by atoms with Gasteiger partial charge in [0, 0.05) is 19.7 Å². The molecule has 0 spiro atoms. The van der Waals surface area contributed by atoms with Gasteiger partial charge in [-0.05, 0) is 32.1 Å². The van der Waals surface area contributed by atoms with E-state index in [9.17, 15) is 13.2 Å². The summed E-state index contributed by atoms with van der Waals surface area (Å²) in [5.74, 6) is -0.0691. The molecule has 116 valence electrons. The van der Waals surface area contributed by atoms with E-state index in [1.807, 2.05) is 6.92 Å². The van der Waals surface area contributed by atoms with Crippen molar-refractivity contribution in [1.29, 1.82) is 0 Å². The molecule has 0 radical (unpaired) electrons. The topological polar surface area (TPSA) is 75.7 Å². The third-order valence-corrected chi connectivity index (χ3v) is 5.93. The van der Waals surface area contributed by atoms with Crippen LogP contribution in [0.2, 0.25) is 0 Å². The van der Waals surface area contributed by atoms with Crippen LogP contribution < -0.4 is 5.32 Å². The Kier molecular flexibility index (Phi) is 5.40. The van der Waals surface area contributed by atoms with E-state index in [1.54, 1.807) is 0 Å². The zero-order valence-corrected chi connectivity index (χ0v) is 12.8. The monoisotopic (exact) mass is 304 g/mol. The molecule has 2 fully saturated rings. The Morgan fingerprint density at radius 2 is 2.15 bits per heavy atom. The van der Waals surface area contributed by atoms with Gasteiger partial charge in [0.1, 0.15) is 6.04 Å². The lowest BCUT2D eigenvalue weighted by molar-refractivity contribution is -0.124. The molecule has 0 aromatic heterocycles. The van der Waals surface area contributed by atoms with Crippen molar-refractivity contribution in [2.24, 2.45) is 0 Å². The van der Waals surface area contributed by atoms with Crippen LogP contribution in [-0.2, 0) is 19.6 Å². The maximum atomic E-state index is 12.2. The smallest absolute Gasteiger partial charge is 0.238 e. The number of carbonyl (C=O) groups is 1. The first kappa shape index (κ1) is 15.7. The predicted molar refractivity (Wildman–Crippen MR) is 75.8 cm³/mol. The van der Waals surface area contributed by atoms with Crippen molar-refractivity contribution in [3.8, 4) is 0 Å². The molecule has 1 amide bonds. The SMILES string of the molecule is CCCS(=O)(=O)N1CCCC1C(=O)NCC1CCCO1. The van der Waals surface area contributed by atoms with Gasteiger partial charge < -0.3 is 10.1 Å². The Hall–Kier alpha value is -0.660. The van der Waals surface area contributed by atoms with E-state index < -0.39 is 16.1 Å². The van der Waals surface area contributed by atoms with E-state index in [4.69, 9.17) is 4.74 Å². The number of nitrogens with zero attached hydrogens (tertiary/aromatic N) is 1. The van der Waals surface area contributed by atoms with Crippen molar-refractivity contribution in [3.05, 3.63) is 0 Å². The summed E-state index contributed by atoms with van der Waals surface area (Å²) in [7, 11) is -3.30. The molecule has 0 aromatic rings. The van der Waals surface area contributed by atoms with Crippen molar-refractivity contribution in [2.45, 2.75) is 51.2 Å². The summed E-state index contributed by atoms with van der Waals surface area (Å²) in [6.45, 7) is 3.53.